The van der Waals surface area contributed by atoms with Crippen LogP contribution in [-0.4, -0.2) is 12.2 Å². The van der Waals surface area contributed by atoms with Gasteiger partial charge in [-0.2, -0.15) is 0 Å². The van der Waals surface area contributed by atoms with Crippen molar-refractivity contribution in [2.75, 3.05) is 12.4 Å². The molecule has 0 unspecified atom stereocenters. The lowest BCUT2D eigenvalue weighted by Crippen LogP contribution is -2.01. The third-order valence-electron chi connectivity index (χ3n) is 2.59. The van der Waals surface area contributed by atoms with Gasteiger partial charge in [0.15, 0.2) is 11.6 Å². The topological polar surface area (TPSA) is 32.3 Å². The van der Waals surface area contributed by atoms with Crippen LogP contribution in [-0.2, 0) is 0 Å². The van der Waals surface area contributed by atoms with E-state index in [0.717, 1.165) is 6.07 Å². The van der Waals surface area contributed by atoms with E-state index in [-0.39, 0.29) is 16.9 Å². The Bertz CT molecular complexity index is 582. The zero-order valence-electron chi connectivity index (χ0n) is 9.47. The molecule has 0 saturated carbocycles. The van der Waals surface area contributed by atoms with Gasteiger partial charge in [0.05, 0.1) is 0 Å². The highest BCUT2D eigenvalue weighted by molar-refractivity contribution is 5.68. The monoisotopic (exact) mass is 253 g/mol. The molecular formula is C13H10F3NO. The van der Waals surface area contributed by atoms with E-state index >= 15 is 0 Å². The lowest BCUT2D eigenvalue weighted by atomic mass is 10.0. The van der Waals surface area contributed by atoms with Gasteiger partial charge in [0, 0.05) is 12.6 Å². The molecule has 2 N–H and O–H groups in total. The molecule has 2 aromatic rings. The van der Waals surface area contributed by atoms with E-state index in [4.69, 9.17) is 5.11 Å². The van der Waals surface area contributed by atoms with Gasteiger partial charge >= 0.3 is 0 Å². The van der Waals surface area contributed by atoms with Crippen LogP contribution in [0.3, 0.4) is 0 Å². The van der Waals surface area contributed by atoms with Gasteiger partial charge in [-0.05, 0) is 23.8 Å². The van der Waals surface area contributed by atoms with Crippen molar-refractivity contribution in [3.63, 3.8) is 0 Å². The second-order valence-corrected chi connectivity index (χ2v) is 3.71. The molecule has 5 heteroatoms. The molecule has 0 fully saturated rings. The number of hydrogen-bond acceptors (Lipinski definition) is 2. The lowest BCUT2D eigenvalue weighted by molar-refractivity contribution is 0.475. The van der Waals surface area contributed by atoms with Crippen molar-refractivity contribution < 1.29 is 18.3 Å². The highest BCUT2D eigenvalue weighted by Gasteiger charge is 2.18. The van der Waals surface area contributed by atoms with Crippen molar-refractivity contribution in [3.05, 3.63) is 47.8 Å². The van der Waals surface area contributed by atoms with Crippen LogP contribution < -0.4 is 5.32 Å². The summed E-state index contributed by atoms with van der Waals surface area (Å²) in [6, 6.07) is 6.31. The first kappa shape index (κ1) is 12.3. The highest BCUT2D eigenvalue weighted by Crippen LogP contribution is 2.31. The van der Waals surface area contributed by atoms with Gasteiger partial charge in [0.2, 0.25) is 0 Å². The molecule has 2 aromatic carbocycles. The number of nitrogens with one attached hydrogen (secondary N) is 1. The summed E-state index contributed by atoms with van der Waals surface area (Å²) in [4.78, 5) is 0. The number of aromatic hydroxyl groups is 1. The molecule has 18 heavy (non-hydrogen) atoms. The molecule has 0 aliphatic carbocycles. The normalized spacial score (nSPS) is 10.4. The summed E-state index contributed by atoms with van der Waals surface area (Å²) in [5.74, 6) is -3.28. The minimum Gasteiger partial charge on any atom is -0.508 e. The average molecular weight is 253 g/mol. The minimum atomic E-state index is -1.26. The lowest BCUT2D eigenvalue weighted by Gasteiger charge is -2.09. The van der Waals surface area contributed by atoms with Gasteiger partial charge in [-0.15, -0.1) is 0 Å². The molecule has 2 nitrogen and oxygen atoms in total. The molecule has 0 heterocycles. The third kappa shape index (κ3) is 1.99. The summed E-state index contributed by atoms with van der Waals surface area (Å²) in [7, 11) is 1.31. The molecule has 0 saturated heterocycles. The standard InChI is InChI=1S/C13H10F3NO/c1-17-13-10(14)6-9(11(15)12(13)16)7-2-4-8(18)5-3-7/h2-6,17-18H,1H3. The van der Waals surface area contributed by atoms with Crippen LogP contribution in [0.15, 0.2) is 30.3 Å². The van der Waals surface area contributed by atoms with Crippen LogP contribution in [0, 0.1) is 17.5 Å². The number of rotatable bonds is 2. The highest BCUT2D eigenvalue weighted by atomic mass is 19.2. The van der Waals surface area contributed by atoms with E-state index in [0.29, 0.717) is 0 Å². The Labute approximate surface area is 102 Å². The van der Waals surface area contributed by atoms with Crippen LogP contribution >= 0.6 is 0 Å². The smallest absolute Gasteiger partial charge is 0.185 e. The zero-order valence-corrected chi connectivity index (χ0v) is 9.47. The summed E-state index contributed by atoms with van der Waals surface area (Å²) in [5, 5.41) is 11.4. The molecule has 94 valence electrons. The molecule has 0 amide bonds. The second-order valence-electron chi connectivity index (χ2n) is 3.71. The Morgan fingerprint density at radius 1 is 1.00 bits per heavy atom. The number of phenolic OH excluding ortho intramolecular Hbond substituents is 1. The Morgan fingerprint density at radius 3 is 2.17 bits per heavy atom. The molecule has 0 bridgehead atoms. The maximum absolute atomic E-state index is 13.8. The Morgan fingerprint density at radius 2 is 1.61 bits per heavy atom. The van der Waals surface area contributed by atoms with Gasteiger partial charge in [-0.1, -0.05) is 12.1 Å². The van der Waals surface area contributed by atoms with E-state index in [1.54, 1.807) is 0 Å². The van der Waals surface area contributed by atoms with Crippen molar-refractivity contribution in [1.82, 2.24) is 0 Å². The van der Waals surface area contributed by atoms with Crippen molar-refractivity contribution in [1.29, 1.82) is 0 Å². The van der Waals surface area contributed by atoms with Crippen LogP contribution in [0.1, 0.15) is 0 Å². The number of benzene rings is 2. The summed E-state index contributed by atoms with van der Waals surface area (Å²) < 4.78 is 40.9. The predicted octanol–water partition coefficient (Wildman–Crippen LogP) is 3.52. The fourth-order valence-corrected chi connectivity index (χ4v) is 1.68. The quantitative estimate of drug-likeness (QED) is 0.802. The molecule has 0 spiro atoms. The van der Waals surface area contributed by atoms with Crippen molar-refractivity contribution >= 4 is 5.69 Å². The van der Waals surface area contributed by atoms with Crippen molar-refractivity contribution in [2.24, 2.45) is 0 Å². The summed E-state index contributed by atoms with van der Waals surface area (Å²) in [6.45, 7) is 0. The van der Waals surface area contributed by atoms with Gasteiger partial charge in [0.1, 0.15) is 17.3 Å². The summed E-state index contributed by atoms with van der Waals surface area (Å²) in [6.07, 6.45) is 0. The van der Waals surface area contributed by atoms with Gasteiger partial charge < -0.3 is 10.4 Å². The fourth-order valence-electron chi connectivity index (χ4n) is 1.68. The average Bonchev–Trinajstić information content (AvgIpc) is 2.36. The van der Waals surface area contributed by atoms with Crippen molar-refractivity contribution in [2.45, 2.75) is 0 Å². The van der Waals surface area contributed by atoms with E-state index in [1.807, 2.05) is 0 Å². The largest absolute Gasteiger partial charge is 0.508 e. The first-order chi connectivity index (χ1) is 8.54. The van der Waals surface area contributed by atoms with Crippen LogP contribution in [0.25, 0.3) is 11.1 Å². The van der Waals surface area contributed by atoms with Gasteiger partial charge in [-0.25, -0.2) is 13.2 Å². The Balaban J connectivity index is 2.62. The molecule has 0 atom stereocenters. The Hall–Kier alpha value is -2.17. The molecule has 0 aliphatic heterocycles. The number of phenols is 1. The minimum absolute atomic E-state index is 0.00746. The van der Waals surface area contributed by atoms with Gasteiger partial charge in [-0.3, -0.25) is 0 Å². The number of anilines is 1. The van der Waals surface area contributed by atoms with E-state index < -0.39 is 23.1 Å². The summed E-state index contributed by atoms with van der Waals surface area (Å²) in [5.41, 5.74) is -0.412. The maximum Gasteiger partial charge on any atom is 0.185 e. The molecule has 0 aromatic heterocycles. The summed E-state index contributed by atoms with van der Waals surface area (Å²) >= 11 is 0. The van der Waals surface area contributed by atoms with Crippen molar-refractivity contribution in [3.8, 4) is 16.9 Å². The molecular weight excluding hydrogens is 243 g/mol. The number of halogens is 3. The first-order valence-corrected chi connectivity index (χ1v) is 5.19. The predicted molar refractivity (Wildman–Crippen MR) is 63.0 cm³/mol. The SMILES string of the molecule is CNc1c(F)cc(-c2ccc(O)cc2)c(F)c1F. The first-order valence-electron chi connectivity index (χ1n) is 5.19. The van der Waals surface area contributed by atoms with E-state index in [2.05, 4.69) is 5.32 Å². The van der Waals surface area contributed by atoms with Crippen LogP contribution in [0.4, 0.5) is 18.9 Å². The molecule has 0 radical (unpaired) electrons. The Kier molecular flexibility index (Phi) is 3.14. The van der Waals surface area contributed by atoms with E-state index in [9.17, 15) is 13.2 Å². The molecule has 0 aliphatic rings. The van der Waals surface area contributed by atoms with Crippen LogP contribution in [0.5, 0.6) is 5.75 Å². The molecule has 2 rings (SSSR count). The fraction of sp³-hybridized carbons (Fsp3) is 0.0769. The maximum atomic E-state index is 13.8. The second kappa shape index (κ2) is 4.60. The number of hydrogen-bond donors (Lipinski definition) is 2. The van der Waals surface area contributed by atoms with E-state index in [1.165, 1.54) is 31.3 Å². The van der Waals surface area contributed by atoms with Gasteiger partial charge in [0.25, 0.3) is 0 Å². The van der Waals surface area contributed by atoms with Crippen LogP contribution in [0.2, 0.25) is 0 Å². The third-order valence-corrected chi connectivity index (χ3v) is 2.59. The zero-order chi connectivity index (χ0) is 13.3.